The molecule has 0 atom stereocenters. The minimum Gasteiger partial charge on any atom is -0.497 e. The molecular formula is C13H16FN3O3S2. The van der Waals surface area contributed by atoms with E-state index in [1.54, 1.807) is 0 Å². The lowest BCUT2D eigenvalue weighted by molar-refractivity contribution is 0.410. The van der Waals surface area contributed by atoms with Gasteiger partial charge in [0.05, 0.1) is 7.11 Å². The van der Waals surface area contributed by atoms with E-state index in [2.05, 4.69) is 14.9 Å². The number of sulfonamides is 1. The highest BCUT2D eigenvalue weighted by Crippen LogP contribution is 2.29. The molecule has 0 radical (unpaired) electrons. The topological polar surface area (TPSA) is 81.2 Å². The molecule has 0 aliphatic rings. The molecule has 0 amide bonds. The summed E-state index contributed by atoms with van der Waals surface area (Å²) in [6.45, 7) is 5.82. The monoisotopic (exact) mass is 345 g/mol. The first-order valence-electron chi connectivity index (χ1n) is 6.34. The van der Waals surface area contributed by atoms with Crippen LogP contribution in [0, 0.1) is 5.82 Å². The van der Waals surface area contributed by atoms with Crippen LogP contribution >= 0.6 is 11.3 Å². The standard InChI is InChI=1S/C13H16FN3O3S2/c1-13(2,3)11-15-16-12(21-11)17-22(18,19)10-6-5-8(20-4)7-9(10)14/h5-7H,1-4H3,(H,16,17). The minimum atomic E-state index is -4.07. The van der Waals surface area contributed by atoms with Crippen LogP contribution in [-0.4, -0.2) is 25.7 Å². The third-order valence-corrected chi connectivity index (χ3v) is 5.48. The molecule has 0 fully saturated rings. The van der Waals surface area contributed by atoms with Gasteiger partial charge >= 0.3 is 0 Å². The molecule has 2 aromatic rings. The Hall–Kier alpha value is -1.74. The molecule has 0 spiro atoms. The lowest BCUT2D eigenvalue weighted by Crippen LogP contribution is -2.14. The second kappa shape index (κ2) is 5.81. The maximum Gasteiger partial charge on any atom is 0.266 e. The van der Waals surface area contributed by atoms with Gasteiger partial charge in [-0.15, -0.1) is 10.2 Å². The fourth-order valence-corrected chi connectivity index (χ4v) is 3.66. The third-order valence-electron chi connectivity index (χ3n) is 2.72. The van der Waals surface area contributed by atoms with Gasteiger partial charge in [-0.05, 0) is 12.1 Å². The zero-order valence-corrected chi connectivity index (χ0v) is 14.2. The minimum absolute atomic E-state index is 0.0974. The molecule has 0 unspecified atom stereocenters. The normalized spacial score (nSPS) is 12.2. The van der Waals surface area contributed by atoms with Gasteiger partial charge in [0.25, 0.3) is 10.0 Å². The summed E-state index contributed by atoms with van der Waals surface area (Å²) < 4.78 is 45.4. The predicted molar refractivity (Wildman–Crippen MR) is 82.4 cm³/mol. The van der Waals surface area contributed by atoms with Gasteiger partial charge in [-0.25, -0.2) is 12.8 Å². The summed E-state index contributed by atoms with van der Waals surface area (Å²) in [7, 11) is -2.70. The van der Waals surface area contributed by atoms with E-state index in [1.165, 1.54) is 13.2 Å². The van der Waals surface area contributed by atoms with Crippen LogP contribution in [0.5, 0.6) is 5.75 Å². The maximum atomic E-state index is 13.9. The van der Waals surface area contributed by atoms with Crippen molar-refractivity contribution in [1.29, 1.82) is 0 Å². The fraction of sp³-hybridized carbons (Fsp3) is 0.385. The molecule has 0 aliphatic carbocycles. The van der Waals surface area contributed by atoms with E-state index >= 15 is 0 Å². The number of aromatic nitrogens is 2. The molecule has 0 saturated heterocycles. The van der Waals surface area contributed by atoms with E-state index in [1.807, 2.05) is 20.8 Å². The van der Waals surface area contributed by atoms with Crippen LogP contribution in [0.2, 0.25) is 0 Å². The van der Waals surface area contributed by atoms with E-state index in [0.29, 0.717) is 5.01 Å². The maximum absolute atomic E-state index is 13.9. The van der Waals surface area contributed by atoms with Crippen LogP contribution in [0.4, 0.5) is 9.52 Å². The van der Waals surface area contributed by atoms with Gasteiger partial charge in [0.15, 0.2) is 0 Å². The molecule has 1 aromatic carbocycles. The van der Waals surface area contributed by atoms with E-state index in [0.717, 1.165) is 23.5 Å². The zero-order chi connectivity index (χ0) is 16.5. The summed E-state index contributed by atoms with van der Waals surface area (Å²) in [6, 6.07) is 3.52. The summed E-state index contributed by atoms with van der Waals surface area (Å²) in [6.07, 6.45) is 0. The number of nitrogens with zero attached hydrogens (tertiary/aromatic N) is 2. The Balaban J connectivity index is 2.30. The second-order valence-corrected chi connectivity index (χ2v) is 8.19. The van der Waals surface area contributed by atoms with E-state index < -0.39 is 20.7 Å². The Morgan fingerprint density at radius 3 is 2.45 bits per heavy atom. The third kappa shape index (κ3) is 3.53. The van der Waals surface area contributed by atoms with Crippen LogP contribution in [0.1, 0.15) is 25.8 Å². The van der Waals surface area contributed by atoms with Crippen LogP contribution in [0.15, 0.2) is 23.1 Å². The summed E-state index contributed by atoms with van der Waals surface area (Å²) in [5.41, 5.74) is -0.243. The van der Waals surface area contributed by atoms with Crippen molar-refractivity contribution in [3.63, 3.8) is 0 Å². The van der Waals surface area contributed by atoms with Crippen LogP contribution in [0.25, 0.3) is 0 Å². The number of ether oxygens (including phenoxy) is 1. The quantitative estimate of drug-likeness (QED) is 0.921. The highest BCUT2D eigenvalue weighted by Gasteiger charge is 2.24. The molecule has 120 valence electrons. The summed E-state index contributed by atoms with van der Waals surface area (Å²) in [4.78, 5) is -0.471. The number of nitrogens with one attached hydrogen (secondary N) is 1. The number of rotatable bonds is 4. The van der Waals surface area contributed by atoms with Gasteiger partial charge in [-0.1, -0.05) is 32.1 Å². The van der Waals surface area contributed by atoms with Crippen molar-refractivity contribution in [2.24, 2.45) is 0 Å². The van der Waals surface area contributed by atoms with Crippen LogP contribution in [-0.2, 0) is 15.4 Å². The van der Waals surface area contributed by atoms with Gasteiger partial charge in [-0.3, -0.25) is 4.72 Å². The average molecular weight is 345 g/mol. The molecule has 22 heavy (non-hydrogen) atoms. The number of methoxy groups -OCH3 is 1. The SMILES string of the molecule is COc1ccc(S(=O)(=O)Nc2nnc(C(C)(C)C)s2)c(F)c1. The van der Waals surface area contributed by atoms with Gasteiger partial charge in [0.2, 0.25) is 5.13 Å². The largest absolute Gasteiger partial charge is 0.497 e. The van der Waals surface area contributed by atoms with E-state index in [9.17, 15) is 12.8 Å². The van der Waals surface area contributed by atoms with Crippen LogP contribution < -0.4 is 9.46 Å². The number of anilines is 1. The van der Waals surface area contributed by atoms with Gasteiger partial charge < -0.3 is 4.74 Å². The van der Waals surface area contributed by atoms with Crippen molar-refractivity contribution in [1.82, 2.24) is 10.2 Å². The molecule has 9 heteroatoms. The molecule has 0 bridgehead atoms. The number of hydrogen-bond donors (Lipinski definition) is 1. The van der Waals surface area contributed by atoms with Crippen molar-refractivity contribution in [2.45, 2.75) is 31.1 Å². The van der Waals surface area contributed by atoms with Gasteiger partial charge in [0, 0.05) is 11.5 Å². The first-order chi connectivity index (χ1) is 10.1. The first-order valence-corrected chi connectivity index (χ1v) is 8.64. The van der Waals surface area contributed by atoms with Crippen molar-refractivity contribution in [3.05, 3.63) is 29.0 Å². The van der Waals surface area contributed by atoms with Crippen molar-refractivity contribution in [2.75, 3.05) is 11.8 Å². The number of benzene rings is 1. The lowest BCUT2D eigenvalue weighted by atomic mass is 9.98. The Labute approximate surface area is 132 Å². The zero-order valence-electron chi connectivity index (χ0n) is 12.5. The number of hydrogen-bond acceptors (Lipinski definition) is 6. The molecule has 0 aliphatic heterocycles. The highest BCUT2D eigenvalue weighted by atomic mass is 32.2. The first kappa shape index (κ1) is 16.6. The van der Waals surface area contributed by atoms with Crippen molar-refractivity contribution < 1.29 is 17.5 Å². The van der Waals surface area contributed by atoms with Gasteiger partial charge in [0.1, 0.15) is 21.5 Å². The lowest BCUT2D eigenvalue weighted by Gasteiger charge is -2.12. The molecule has 0 saturated carbocycles. The molecule has 2 rings (SSSR count). The molecule has 1 heterocycles. The molecular weight excluding hydrogens is 329 g/mol. The second-order valence-electron chi connectivity index (χ2n) is 5.56. The molecule has 1 N–H and O–H groups in total. The Bertz CT molecular complexity index is 782. The Morgan fingerprint density at radius 2 is 1.95 bits per heavy atom. The summed E-state index contributed by atoms with van der Waals surface area (Å²) in [5.74, 6) is -0.658. The Kier molecular flexibility index (Phi) is 4.39. The van der Waals surface area contributed by atoms with E-state index in [-0.39, 0.29) is 16.3 Å². The summed E-state index contributed by atoms with van der Waals surface area (Å²) in [5, 5.41) is 8.51. The van der Waals surface area contributed by atoms with Crippen LogP contribution in [0.3, 0.4) is 0 Å². The molecule has 6 nitrogen and oxygen atoms in total. The van der Waals surface area contributed by atoms with Crippen molar-refractivity contribution >= 4 is 26.5 Å². The van der Waals surface area contributed by atoms with E-state index in [4.69, 9.17) is 4.74 Å². The summed E-state index contributed by atoms with van der Waals surface area (Å²) >= 11 is 1.12. The smallest absolute Gasteiger partial charge is 0.266 e. The molecule has 1 aromatic heterocycles. The fourth-order valence-electron chi connectivity index (χ4n) is 1.56. The predicted octanol–water partition coefficient (Wildman–Crippen LogP) is 2.78. The van der Waals surface area contributed by atoms with Gasteiger partial charge in [-0.2, -0.15) is 0 Å². The average Bonchev–Trinajstić information content (AvgIpc) is 2.85. The highest BCUT2D eigenvalue weighted by molar-refractivity contribution is 7.93. The number of halogens is 1. The Morgan fingerprint density at radius 1 is 1.27 bits per heavy atom. The van der Waals surface area contributed by atoms with Crippen molar-refractivity contribution in [3.8, 4) is 5.75 Å².